The summed E-state index contributed by atoms with van der Waals surface area (Å²) in [6, 6.07) is 11.1. The van der Waals surface area contributed by atoms with E-state index in [0.29, 0.717) is 30.8 Å². The average Bonchev–Trinajstić information content (AvgIpc) is 3.23. The molecule has 1 aromatic carbocycles. The van der Waals surface area contributed by atoms with E-state index in [2.05, 4.69) is 25.0 Å². The Bertz CT molecular complexity index is 1370. The number of aromatic nitrogens is 4. The van der Waals surface area contributed by atoms with Crippen molar-refractivity contribution in [1.82, 2.24) is 24.2 Å². The van der Waals surface area contributed by atoms with Gasteiger partial charge in [0.25, 0.3) is 0 Å². The lowest BCUT2D eigenvalue weighted by Gasteiger charge is -2.11. The summed E-state index contributed by atoms with van der Waals surface area (Å²) in [5, 5.41) is 3.98. The second-order valence-electron chi connectivity index (χ2n) is 7.04. The summed E-state index contributed by atoms with van der Waals surface area (Å²) in [7, 11) is -4.06. The molecule has 12 heteroatoms. The van der Waals surface area contributed by atoms with Gasteiger partial charge in [-0.25, -0.2) is 23.1 Å². The van der Waals surface area contributed by atoms with Crippen LogP contribution in [0, 0.1) is 0 Å². The minimum absolute atomic E-state index is 0.0252. The number of halogens is 3. The fourth-order valence-corrected chi connectivity index (χ4v) is 4.26. The van der Waals surface area contributed by atoms with Crippen LogP contribution in [-0.2, 0) is 16.2 Å². The van der Waals surface area contributed by atoms with E-state index in [9.17, 15) is 21.6 Å². The molecule has 3 heterocycles. The molecule has 33 heavy (non-hydrogen) atoms. The van der Waals surface area contributed by atoms with Crippen molar-refractivity contribution in [3.63, 3.8) is 0 Å². The molecule has 0 spiro atoms. The first kappa shape index (κ1) is 22.7. The lowest BCUT2D eigenvalue weighted by atomic mass is 10.2. The molecule has 172 valence electrons. The molecule has 8 nitrogen and oxygen atoms in total. The van der Waals surface area contributed by atoms with Crippen molar-refractivity contribution < 1.29 is 21.6 Å². The number of hydrogen-bond donors (Lipinski definition) is 2. The first-order valence-corrected chi connectivity index (χ1v) is 11.4. The Morgan fingerprint density at radius 2 is 1.82 bits per heavy atom. The monoisotopic (exact) mass is 476 g/mol. The zero-order chi connectivity index (χ0) is 23.5. The smallest absolute Gasteiger partial charge is 0.354 e. The van der Waals surface area contributed by atoms with Crippen LogP contribution < -0.4 is 10.0 Å². The zero-order valence-electron chi connectivity index (χ0n) is 17.1. The largest absolute Gasteiger partial charge is 0.416 e. The summed E-state index contributed by atoms with van der Waals surface area (Å²) in [4.78, 5) is 12.5. The SMILES string of the molecule is O=S(=O)(NCCCNc1nccc(-n2ccc3cccnc32)n1)c1cccc(C(F)(F)F)c1. The molecule has 3 aromatic heterocycles. The third-order valence-electron chi connectivity index (χ3n) is 4.74. The van der Waals surface area contributed by atoms with E-state index in [0.717, 1.165) is 29.2 Å². The Kier molecular flexibility index (Phi) is 6.29. The lowest BCUT2D eigenvalue weighted by molar-refractivity contribution is -0.137. The van der Waals surface area contributed by atoms with Crippen molar-refractivity contribution in [3.8, 4) is 5.82 Å². The maximum absolute atomic E-state index is 12.8. The van der Waals surface area contributed by atoms with Crippen LogP contribution in [0.5, 0.6) is 0 Å². The van der Waals surface area contributed by atoms with Crippen molar-refractivity contribution in [2.75, 3.05) is 18.4 Å². The minimum Gasteiger partial charge on any atom is -0.354 e. The van der Waals surface area contributed by atoms with Crippen LogP contribution >= 0.6 is 0 Å². The molecule has 0 saturated heterocycles. The van der Waals surface area contributed by atoms with Crippen molar-refractivity contribution in [2.45, 2.75) is 17.5 Å². The van der Waals surface area contributed by atoms with Crippen LogP contribution in [0.3, 0.4) is 0 Å². The number of rotatable bonds is 8. The van der Waals surface area contributed by atoms with Crippen LogP contribution in [0.15, 0.2) is 72.0 Å². The van der Waals surface area contributed by atoms with E-state index in [4.69, 9.17) is 0 Å². The maximum Gasteiger partial charge on any atom is 0.416 e. The van der Waals surface area contributed by atoms with Gasteiger partial charge in [0.1, 0.15) is 11.5 Å². The Labute approximate surface area is 187 Å². The summed E-state index contributed by atoms with van der Waals surface area (Å²) in [6.07, 6.45) is 0.883. The molecule has 4 aromatic rings. The van der Waals surface area contributed by atoms with Gasteiger partial charge in [-0.15, -0.1) is 0 Å². The van der Waals surface area contributed by atoms with Gasteiger partial charge in [-0.3, -0.25) is 4.57 Å². The minimum atomic E-state index is -4.62. The van der Waals surface area contributed by atoms with E-state index >= 15 is 0 Å². The molecule has 0 radical (unpaired) electrons. The third-order valence-corrected chi connectivity index (χ3v) is 6.20. The topological polar surface area (TPSA) is 102 Å². The number of alkyl halides is 3. The predicted octanol–water partition coefficient (Wildman–Crippen LogP) is 3.61. The van der Waals surface area contributed by atoms with Gasteiger partial charge in [0.2, 0.25) is 16.0 Å². The molecule has 0 unspecified atom stereocenters. The van der Waals surface area contributed by atoms with Gasteiger partial charge in [-0.1, -0.05) is 6.07 Å². The summed E-state index contributed by atoms with van der Waals surface area (Å²) < 4.78 is 67.2. The van der Waals surface area contributed by atoms with Gasteiger partial charge in [-0.2, -0.15) is 18.2 Å². The predicted molar refractivity (Wildman–Crippen MR) is 116 cm³/mol. The lowest BCUT2D eigenvalue weighted by Crippen LogP contribution is -2.26. The summed E-state index contributed by atoms with van der Waals surface area (Å²) >= 11 is 0. The molecule has 0 aliphatic carbocycles. The Morgan fingerprint density at radius 1 is 0.970 bits per heavy atom. The van der Waals surface area contributed by atoms with Crippen molar-refractivity contribution in [2.24, 2.45) is 0 Å². The number of hydrogen-bond acceptors (Lipinski definition) is 6. The van der Waals surface area contributed by atoms with Gasteiger partial charge >= 0.3 is 6.18 Å². The van der Waals surface area contributed by atoms with Crippen LogP contribution in [0.1, 0.15) is 12.0 Å². The van der Waals surface area contributed by atoms with Crippen molar-refractivity contribution >= 4 is 27.0 Å². The number of fused-ring (bicyclic) bond motifs is 1. The molecular formula is C21H19F3N6O2S. The highest BCUT2D eigenvalue weighted by molar-refractivity contribution is 7.89. The van der Waals surface area contributed by atoms with E-state index in [1.165, 1.54) is 0 Å². The van der Waals surface area contributed by atoms with E-state index in [1.807, 2.05) is 29.0 Å². The molecule has 4 rings (SSSR count). The molecule has 0 amide bonds. The van der Waals surface area contributed by atoms with Crippen LogP contribution in [0.4, 0.5) is 19.1 Å². The first-order valence-electron chi connectivity index (χ1n) is 9.90. The van der Waals surface area contributed by atoms with E-state index in [1.54, 1.807) is 18.5 Å². The first-order chi connectivity index (χ1) is 15.7. The maximum atomic E-state index is 12.8. The van der Waals surface area contributed by atoms with E-state index in [-0.39, 0.29) is 6.54 Å². The molecule has 0 bridgehead atoms. The number of pyridine rings is 1. The number of benzene rings is 1. The van der Waals surface area contributed by atoms with Gasteiger partial charge < -0.3 is 5.32 Å². The van der Waals surface area contributed by atoms with Crippen LogP contribution in [-0.4, -0.2) is 41.0 Å². The second kappa shape index (κ2) is 9.16. The van der Waals surface area contributed by atoms with Gasteiger partial charge in [-0.05, 0) is 48.9 Å². The van der Waals surface area contributed by atoms with Gasteiger partial charge in [0, 0.05) is 37.1 Å². The molecule has 0 aliphatic rings. The molecule has 0 atom stereocenters. The van der Waals surface area contributed by atoms with Gasteiger partial charge in [0.15, 0.2) is 0 Å². The molecule has 2 N–H and O–H groups in total. The highest BCUT2D eigenvalue weighted by Crippen LogP contribution is 2.30. The van der Waals surface area contributed by atoms with Crippen molar-refractivity contribution in [3.05, 3.63) is 72.7 Å². The normalized spacial score (nSPS) is 12.2. The fraction of sp³-hybridized carbons (Fsp3) is 0.190. The second-order valence-corrected chi connectivity index (χ2v) is 8.81. The van der Waals surface area contributed by atoms with Crippen LogP contribution in [0.25, 0.3) is 16.9 Å². The Morgan fingerprint density at radius 3 is 2.64 bits per heavy atom. The summed E-state index contributed by atoms with van der Waals surface area (Å²) in [6.45, 7) is 0.372. The highest BCUT2D eigenvalue weighted by atomic mass is 32.2. The summed E-state index contributed by atoms with van der Waals surface area (Å²) in [5.41, 5.74) is -0.263. The average molecular weight is 476 g/mol. The number of nitrogens with one attached hydrogen (secondary N) is 2. The number of sulfonamides is 1. The quantitative estimate of drug-likeness (QED) is 0.377. The fourth-order valence-electron chi connectivity index (χ4n) is 3.14. The number of nitrogens with zero attached hydrogens (tertiary/aromatic N) is 4. The van der Waals surface area contributed by atoms with Crippen LogP contribution in [0.2, 0.25) is 0 Å². The Balaban J connectivity index is 1.33. The number of anilines is 1. The highest BCUT2D eigenvalue weighted by Gasteiger charge is 2.31. The van der Waals surface area contributed by atoms with E-state index < -0.39 is 26.7 Å². The Hall–Kier alpha value is -3.51. The standard InChI is InChI=1S/C21H19F3N6O2S/c22-21(23,24)16-5-1-6-17(14-16)33(31,32)28-11-3-10-26-20-27-12-7-18(29-20)30-13-8-15-4-2-9-25-19(15)30/h1-2,4-9,12-14,28H,3,10-11H2,(H,26,27,29). The third kappa shape index (κ3) is 5.29. The zero-order valence-corrected chi connectivity index (χ0v) is 17.9. The molecule has 0 fully saturated rings. The van der Waals surface area contributed by atoms with Gasteiger partial charge in [0.05, 0.1) is 10.5 Å². The molecular weight excluding hydrogens is 457 g/mol. The molecule has 0 aliphatic heterocycles. The summed E-state index contributed by atoms with van der Waals surface area (Å²) in [5.74, 6) is 0.970. The van der Waals surface area contributed by atoms with Crippen molar-refractivity contribution in [1.29, 1.82) is 0 Å². The molecule has 0 saturated carbocycles.